The number of piperidine rings is 1. The molecule has 0 aliphatic carbocycles. The van der Waals surface area contributed by atoms with Gasteiger partial charge in [0.05, 0.1) is 12.2 Å². The second-order valence-corrected chi connectivity index (χ2v) is 7.29. The molecule has 122 valence electrons. The number of carbonyl (C=O) groups excluding carboxylic acids is 1. The monoisotopic (exact) mass is 295 g/mol. The van der Waals surface area contributed by atoms with Gasteiger partial charge in [-0.1, -0.05) is 20.3 Å². The summed E-state index contributed by atoms with van der Waals surface area (Å²) >= 11 is 0. The lowest BCUT2D eigenvalue weighted by atomic mass is 10.0. The molecule has 2 heterocycles. The van der Waals surface area contributed by atoms with Crippen LogP contribution in [0.15, 0.2) is 0 Å². The van der Waals surface area contributed by atoms with Crippen LogP contribution in [0.5, 0.6) is 0 Å². The molecule has 3 unspecified atom stereocenters. The maximum atomic E-state index is 12.4. The highest BCUT2D eigenvalue weighted by Gasteiger charge is 2.36. The first-order chi connectivity index (χ1) is 9.99. The maximum Gasteiger partial charge on any atom is 0.241 e. The number of nitrogens with zero attached hydrogens (tertiary/aromatic N) is 2. The molecule has 2 fully saturated rings. The van der Waals surface area contributed by atoms with Gasteiger partial charge in [-0.25, -0.2) is 0 Å². The molecule has 0 saturated carbocycles. The summed E-state index contributed by atoms with van der Waals surface area (Å²) in [6.07, 6.45) is 6.28. The smallest absolute Gasteiger partial charge is 0.241 e. The summed E-state index contributed by atoms with van der Waals surface area (Å²) in [7, 11) is 0. The van der Waals surface area contributed by atoms with Crippen LogP contribution in [0.1, 0.15) is 59.8 Å². The van der Waals surface area contributed by atoms with E-state index < -0.39 is 0 Å². The van der Waals surface area contributed by atoms with Gasteiger partial charge in [-0.05, 0) is 52.0 Å². The van der Waals surface area contributed by atoms with Crippen molar-refractivity contribution < 1.29 is 4.79 Å². The Bertz CT molecular complexity index is 345. The molecule has 0 aromatic heterocycles. The van der Waals surface area contributed by atoms with E-state index in [4.69, 9.17) is 0 Å². The topological polar surface area (TPSA) is 35.6 Å². The third-order valence-electron chi connectivity index (χ3n) is 4.98. The second kappa shape index (κ2) is 7.59. The fraction of sp³-hybridized carbons (Fsp3) is 0.941. The van der Waals surface area contributed by atoms with Crippen LogP contribution in [0.4, 0.5) is 0 Å². The number of hydrogen-bond acceptors (Lipinski definition) is 3. The lowest BCUT2D eigenvalue weighted by Crippen LogP contribution is -2.41. The molecule has 4 heteroatoms. The Labute approximate surface area is 130 Å². The number of amides is 1. The van der Waals surface area contributed by atoms with Gasteiger partial charge in [0, 0.05) is 19.1 Å². The Morgan fingerprint density at radius 1 is 1.24 bits per heavy atom. The first-order valence-corrected chi connectivity index (χ1v) is 8.79. The number of carbonyl (C=O) groups is 1. The van der Waals surface area contributed by atoms with Crippen molar-refractivity contribution >= 4 is 5.91 Å². The highest BCUT2D eigenvalue weighted by molar-refractivity contribution is 5.84. The minimum Gasteiger partial charge on any atom is -0.326 e. The van der Waals surface area contributed by atoms with Gasteiger partial charge in [-0.2, -0.15) is 0 Å². The first kappa shape index (κ1) is 16.8. The molecule has 2 rings (SSSR count). The predicted molar refractivity (Wildman–Crippen MR) is 87.1 cm³/mol. The summed E-state index contributed by atoms with van der Waals surface area (Å²) in [5.74, 6) is 0.871. The van der Waals surface area contributed by atoms with Crippen LogP contribution >= 0.6 is 0 Å². The lowest BCUT2D eigenvalue weighted by Gasteiger charge is -2.34. The van der Waals surface area contributed by atoms with Gasteiger partial charge in [-0.3, -0.25) is 10.1 Å². The van der Waals surface area contributed by atoms with Crippen molar-refractivity contribution in [2.24, 2.45) is 5.92 Å². The maximum absolute atomic E-state index is 12.4. The highest BCUT2D eigenvalue weighted by atomic mass is 16.2. The van der Waals surface area contributed by atoms with Crippen LogP contribution in [0.3, 0.4) is 0 Å². The minimum absolute atomic E-state index is 0.0360. The largest absolute Gasteiger partial charge is 0.326 e. The summed E-state index contributed by atoms with van der Waals surface area (Å²) in [5.41, 5.74) is 0. The number of likely N-dealkylation sites (tertiary alicyclic amines) is 1. The molecule has 2 aliphatic rings. The van der Waals surface area contributed by atoms with Gasteiger partial charge in [-0.15, -0.1) is 0 Å². The molecule has 21 heavy (non-hydrogen) atoms. The molecular formula is C17H33N3O. The molecule has 1 amide bonds. The summed E-state index contributed by atoms with van der Waals surface area (Å²) in [4.78, 5) is 17.1. The van der Waals surface area contributed by atoms with Crippen molar-refractivity contribution in [1.29, 1.82) is 0 Å². The van der Waals surface area contributed by atoms with Crippen LogP contribution in [-0.4, -0.2) is 53.6 Å². The number of rotatable bonds is 6. The van der Waals surface area contributed by atoms with E-state index in [1.807, 2.05) is 4.90 Å². The summed E-state index contributed by atoms with van der Waals surface area (Å²) < 4.78 is 0. The van der Waals surface area contributed by atoms with Crippen molar-refractivity contribution in [1.82, 2.24) is 15.1 Å². The van der Waals surface area contributed by atoms with Gasteiger partial charge in [0.25, 0.3) is 0 Å². The Hall–Kier alpha value is -0.610. The molecule has 2 aliphatic heterocycles. The van der Waals surface area contributed by atoms with E-state index >= 15 is 0 Å². The van der Waals surface area contributed by atoms with E-state index in [2.05, 4.69) is 37.9 Å². The molecule has 0 aromatic carbocycles. The SMILES string of the molecule is CC(C)CC1NC(C)N(CCCN2CCCCC2C)C1=O. The number of hydrogen-bond donors (Lipinski definition) is 1. The van der Waals surface area contributed by atoms with Crippen LogP contribution in [0, 0.1) is 5.92 Å². The molecule has 2 saturated heterocycles. The van der Waals surface area contributed by atoms with E-state index in [1.165, 1.54) is 25.8 Å². The molecule has 1 N–H and O–H groups in total. The van der Waals surface area contributed by atoms with Crippen LogP contribution < -0.4 is 5.32 Å². The van der Waals surface area contributed by atoms with Crippen molar-refractivity contribution in [3.05, 3.63) is 0 Å². The fourth-order valence-corrected chi connectivity index (χ4v) is 3.72. The molecule has 0 bridgehead atoms. The van der Waals surface area contributed by atoms with Crippen molar-refractivity contribution in [3.8, 4) is 0 Å². The predicted octanol–water partition coefficient (Wildman–Crippen LogP) is 2.44. The zero-order valence-corrected chi connectivity index (χ0v) is 14.3. The second-order valence-electron chi connectivity index (χ2n) is 7.29. The molecule has 4 nitrogen and oxygen atoms in total. The quantitative estimate of drug-likeness (QED) is 0.817. The lowest BCUT2D eigenvalue weighted by molar-refractivity contribution is -0.130. The van der Waals surface area contributed by atoms with Crippen LogP contribution in [-0.2, 0) is 4.79 Å². The van der Waals surface area contributed by atoms with Gasteiger partial charge >= 0.3 is 0 Å². The Kier molecular flexibility index (Phi) is 6.06. The van der Waals surface area contributed by atoms with Crippen LogP contribution in [0.2, 0.25) is 0 Å². The van der Waals surface area contributed by atoms with E-state index in [0.717, 1.165) is 32.0 Å². The zero-order valence-electron chi connectivity index (χ0n) is 14.3. The molecule has 0 spiro atoms. The van der Waals surface area contributed by atoms with E-state index in [-0.39, 0.29) is 12.2 Å². The number of nitrogens with one attached hydrogen (secondary N) is 1. The third-order valence-corrected chi connectivity index (χ3v) is 4.98. The van der Waals surface area contributed by atoms with Gasteiger partial charge in [0.1, 0.15) is 0 Å². The summed E-state index contributed by atoms with van der Waals surface area (Å²) in [5, 5.41) is 3.45. The fourth-order valence-electron chi connectivity index (χ4n) is 3.72. The van der Waals surface area contributed by atoms with Crippen molar-refractivity contribution in [3.63, 3.8) is 0 Å². The van der Waals surface area contributed by atoms with Crippen molar-refractivity contribution in [2.75, 3.05) is 19.6 Å². The molecular weight excluding hydrogens is 262 g/mol. The van der Waals surface area contributed by atoms with E-state index in [9.17, 15) is 4.79 Å². The molecule has 0 radical (unpaired) electrons. The van der Waals surface area contributed by atoms with Crippen LogP contribution in [0.25, 0.3) is 0 Å². The summed E-state index contributed by atoms with van der Waals surface area (Å²) in [6.45, 7) is 12.1. The standard InChI is InChI=1S/C17H33N3O/c1-13(2)12-16-17(21)20(15(4)18-16)11-7-10-19-9-6-5-8-14(19)3/h13-16,18H,5-12H2,1-4H3. The van der Waals surface area contributed by atoms with E-state index in [1.54, 1.807) is 0 Å². The minimum atomic E-state index is 0.0360. The highest BCUT2D eigenvalue weighted by Crippen LogP contribution is 2.19. The Morgan fingerprint density at radius 2 is 2.00 bits per heavy atom. The normalized spacial score (nSPS) is 31.4. The van der Waals surface area contributed by atoms with Gasteiger partial charge in [0.2, 0.25) is 5.91 Å². The zero-order chi connectivity index (χ0) is 15.4. The average molecular weight is 295 g/mol. The van der Waals surface area contributed by atoms with Crippen molar-refractivity contribution in [2.45, 2.75) is 78.0 Å². The Morgan fingerprint density at radius 3 is 2.67 bits per heavy atom. The first-order valence-electron chi connectivity index (χ1n) is 8.79. The molecule has 3 atom stereocenters. The third kappa shape index (κ3) is 4.43. The summed E-state index contributed by atoms with van der Waals surface area (Å²) in [6, 6.07) is 0.756. The Balaban J connectivity index is 1.76. The molecule has 0 aromatic rings. The van der Waals surface area contributed by atoms with E-state index in [0.29, 0.717) is 11.8 Å². The van der Waals surface area contributed by atoms with Gasteiger partial charge in [0.15, 0.2) is 0 Å². The average Bonchev–Trinajstić information content (AvgIpc) is 2.67. The van der Waals surface area contributed by atoms with Gasteiger partial charge < -0.3 is 9.80 Å².